The minimum atomic E-state index is -0.749. The van der Waals surface area contributed by atoms with Gasteiger partial charge >= 0.3 is 5.69 Å². The number of ether oxygens (including phenoxy) is 2. The molecule has 0 saturated carbocycles. The van der Waals surface area contributed by atoms with Crippen molar-refractivity contribution in [3.05, 3.63) is 34.2 Å². The maximum absolute atomic E-state index is 13.0. The average Bonchev–Trinajstić information content (AvgIpc) is 2.99. The highest BCUT2D eigenvalue weighted by Gasteiger charge is 2.42. The lowest BCUT2D eigenvalue weighted by molar-refractivity contribution is -0.149. The molecule has 6 heteroatoms. The zero-order chi connectivity index (χ0) is 18.0. The van der Waals surface area contributed by atoms with Crippen LogP contribution in [0.4, 0.5) is 0 Å². The van der Waals surface area contributed by atoms with Crippen LogP contribution in [0.15, 0.2) is 23.0 Å². The summed E-state index contributed by atoms with van der Waals surface area (Å²) in [6, 6.07) is 6.13. The highest BCUT2D eigenvalue weighted by Crippen LogP contribution is 2.37. The van der Waals surface area contributed by atoms with Gasteiger partial charge in [-0.1, -0.05) is 26.0 Å². The van der Waals surface area contributed by atoms with E-state index in [9.17, 15) is 9.90 Å². The van der Waals surface area contributed by atoms with E-state index in [2.05, 4.69) is 19.9 Å². The van der Waals surface area contributed by atoms with Crippen LogP contribution in [0.3, 0.4) is 0 Å². The fraction of sp³-hybridized carbons (Fsp3) is 0.632. The molecule has 0 bridgehead atoms. The Morgan fingerprint density at radius 3 is 2.64 bits per heavy atom. The second-order valence-electron chi connectivity index (χ2n) is 8.25. The number of para-hydroxylation sites is 1. The van der Waals surface area contributed by atoms with Crippen molar-refractivity contribution in [1.29, 1.82) is 0 Å². The maximum atomic E-state index is 13.0. The summed E-state index contributed by atoms with van der Waals surface area (Å²) >= 11 is 0. The van der Waals surface area contributed by atoms with Gasteiger partial charge in [-0.2, -0.15) is 0 Å². The summed E-state index contributed by atoms with van der Waals surface area (Å²) in [5.74, 6) is -0.749. The van der Waals surface area contributed by atoms with Crippen LogP contribution in [0.1, 0.15) is 39.7 Å². The van der Waals surface area contributed by atoms with Gasteiger partial charge in [0.15, 0.2) is 5.79 Å². The summed E-state index contributed by atoms with van der Waals surface area (Å²) < 4.78 is 15.3. The Balaban J connectivity index is 1.81. The van der Waals surface area contributed by atoms with Crippen molar-refractivity contribution in [3.63, 3.8) is 0 Å². The van der Waals surface area contributed by atoms with Gasteiger partial charge in [-0.05, 0) is 37.3 Å². The normalized spacial score (nSPS) is 27.1. The van der Waals surface area contributed by atoms with Gasteiger partial charge in [0, 0.05) is 6.54 Å². The monoisotopic (exact) mass is 346 g/mol. The zero-order valence-corrected chi connectivity index (χ0v) is 15.3. The van der Waals surface area contributed by atoms with Crippen LogP contribution in [0.25, 0.3) is 11.0 Å². The van der Waals surface area contributed by atoms with E-state index in [1.807, 2.05) is 30.5 Å². The van der Waals surface area contributed by atoms with Gasteiger partial charge in [0.1, 0.15) is 12.2 Å². The van der Waals surface area contributed by atoms with Crippen LogP contribution < -0.4 is 5.69 Å². The second kappa shape index (κ2) is 5.43. The van der Waals surface area contributed by atoms with E-state index < -0.39 is 11.9 Å². The largest absolute Gasteiger partial charge is 0.394 e. The molecule has 0 radical (unpaired) electrons. The van der Waals surface area contributed by atoms with Crippen molar-refractivity contribution in [2.24, 2.45) is 0 Å². The molecule has 1 aromatic carbocycles. The summed E-state index contributed by atoms with van der Waals surface area (Å²) in [6.45, 7) is 9.09. The molecule has 3 heterocycles. The third-order valence-electron chi connectivity index (χ3n) is 5.55. The third-order valence-corrected chi connectivity index (χ3v) is 5.55. The quantitative estimate of drug-likeness (QED) is 0.923. The van der Waals surface area contributed by atoms with Crippen LogP contribution >= 0.6 is 0 Å². The molecular formula is C19H26N2O4. The number of aliphatic hydroxyl groups excluding tert-OH is 1. The lowest BCUT2D eigenvalue weighted by atomic mass is 9.79. The summed E-state index contributed by atoms with van der Waals surface area (Å²) in [7, 11) is 0. The highest BCUT2D eigenvalue weighted by molar-refractivity contribution is 5.81. The zero-order valence-electron chi connectivity index (χ0n) is 15.3. The first-order valence-corrected chi connectivity index (χ1v) is 8.92. The van der Waals surface area contributed by atoms with Crippen molar-refractivity contribution in [1.82, 2.24) is 9.13 Å². The lowest BCUT2D eigenvalue weighted by Gasteiger charge is -2.30. The number of benzene rings is 1. The molecule has 136 valence electrons. The first-order valence-electron chi connectivity index (χ1n) is 8.92. The molecule has 2 aliphatic rings. The SMILES string of the molecule is CC1(C)OC(CO)C(Cn2c(=O)n3c4c(cccc42)C(C)(C)CC3)O1. The Kier molecular flexibility index (Phi) is 3.65. The van der Waals surface area contributed by atoms with Gasteiger partial charge in [-0.3, -0.25) is 9.13 Å². The standard InChI is InChI=1S/C19H26N2O4/c1-18(2)8-9-20-16-12(18)6-5-7-13(16)21(17(20)23)10-14-15(11-22)25-19(3,4)24-14/h5-7,14-15,22H,8-11H2,1-4H3. The Bertz CT molecular complexity index is 877. The van der Waals surface area contributed by atoms with Crippen LogP contribution in [0.5, 0.6) is 0 Å². The van der Waals surface area contributed by atoms with Crippen molar-refractivity contribution in [3.8, 4) is 0 Å². The Hall–Kier alpha value is -1.63. The van der Waals surface area contributed by atoms with Gasteiger partial charge in [0.2, 0.25) is 0 Å². The van der Waals surface area contributed by atoms with Gasteiger partial charge in [0.25, 0.3) is 0 Å². The highest BCUT2D eigenvalue weighted by atomic mass is 16.8. The summed E-state index contributed by atoms with van der Waals surface area (Å²) in [6.07, 6.45) is 0.164. The smallest absolute Gasteiger partial charge is 0.329 e. The van der Waals surface area contributed by atoms with Gasteiger partial charge < -0.3 is 14.6 Å². The topological polar surface area (TPSA) is 65.6 Å². The van der Waals surface area contributed by atoms with E-state index in [-0.39, 0.29) is 23.8 Å². The molecule has 0 spiro atoms. The molecule has 1 aromatic heterocycles. The van der Waals surface area contributed by atoms with E-state index in [1.54, 1.807) is 4.57 Å². The number of rotatable bonds is 3. The van der Waals surface area contributed by atoms with Crippen molar-refractivity contribution >= 4 is 11.0 Å². The number of hydrogen-bond acceptors (Lipinski definition) is 4. The number of aryl methyl sites for hydroxylation is 1. The fourth-order valence-corrected chi connectivity index (χ4v) is 4.23. The summed E-state index contributed by atoms with van der Waals surface area (Å²) in [5, 5.41) is 9.61. The van der Waals surface area contributed by atoms with Crippen LogP contribution in [0.2, 0.25) is 0 Å². The van der Waals surface area contributed by atoms with E-state index in [0.717, 1.165) is 24.0 Å². The fourth-order valence-electron chi connectivity index (χ4n) is 4.23. The van der Waals surface area contributed by atoms with E-state index in [1.165, 1.54) is 5.56 Å². The molecular weight excluding hydrogens is 320 g/mol. The Labute approximate surface area is 147 Å². The average molecular weight is 346 g/mol. The van der Waals surface area contributed by atoms with E-state index in [4.69, 9.17) is 9.47 Å². The van der Waals surface area contributed by atoms with E-state index >= 15 is 0 Å². The van der Waals surface area contributed by atoms with Crippen LogP contribution in [-0.4, -0.2) is 38.8 Å². The first-order chi connectivity index (χ1) is 11.7. The predicted molar refractivity (Wildman–Crippen MR) is 94.8 cm³/mol. The van der Waals surface area contributed by atoms with Gasteiger partial charge in [-0.25, -0.2) is 4.79 Å². The Morgan fingerprint density at radius 2 is 1.92 bits per heavy atom. The minimum absolute atomic E-state index is 0.0112. The molecule has 2 aromatic rings. The van der Waals surface area contributed by atoms with Crippen molar-refractivity contribution < 1.29 is 14.6 Å². The van der Waals surface area contributed by atoms with Crippen LogP contribution in [-0.2, 0) is 28.0 Å². The molecule has 1 N–H and O–H groups in total. The van der Waals surface area contributed by atoms with E-state index in [0.29, 0.717) is 6.54 Å². The molecule has 4 rings (SSSR count). The Morgan fingerprint density at radius 1 is 1.20 bits per heavy atom. The number of aliphatic hydroxyl groups is 1. The third kappa shape index (κ3) is 2.55. The summed E-state index contributed by atoms with van der Waals surface area (Å²) in [5.41, 5.74) is 3.22. The first kappa shape index (κ1) is 16.8. The second-order valence-corrected chi connectivity index (χ2v) is 8.25. The molecule has 1 saturated heterocycles. The number of imidazole rings is 1. The predicted octanol–water partition coefficient (Wildman–Crippen LogP) is 2.00. The molecule has 25 heavy (non-hydrogen) atoms. The number of hydrogen-bond donors (Lipinski definition) is 1. The van der Waals surface area contributed by atoms with Crippen molar-refractivity contribution in [2.75, 3.05) is 6.61 Å². The molecule has 0 amide bonds. The van der Waals surface area contributed by atoms with Gasteiger partial charge in [-0.15, -0.1) is 0 Å². The summed E-state index contributed by atoms with van der Waals surface area (Å²) in [4.78, 5) is 13.0. The van der Waals surface area contributed by atoms with Crippen LogP contribution in [0, 0.1) is 0 Å². The lowest BCUT2D eigenvalue weighted by Crippen LogP contribution is -2.36. The minimum Gasteiger partial charge on any atom is -0.394 e. The van der Waals surface area contributed by atoms with Gasteiger partial charge in [0.05, 0.1) is 24.2 Å². The number of nitrogens with zero attached hydrogens (tertiary/aromatic N) is 2. The molecule has 2 unspecified atom stereocenters. The van der Waals surface area contributed by atoms with Crippen molar-refractivity contribution in [2.45, 2.75) is 70.6 Å². The molecule has 2 aliphatic heterocycles. The maximum Gasteiger partial charge on any atom is 0.329 e. The molecule has 0 aliphatic carbocycles. The molecule has 6 nitrogen and oxygen atoms in total. The molecule has 2 atom stereocenters. The molecule has 1 fully saturated rings. The number of aromatic nitrogens is 2.